The molecule has 0 aromatic heterocycles. The molecule has 0 atom stereocenters. The molecule has 2 amide bonds. The molecule has 0 unspecified atom stereocenters. The van der Waals surface area contributed by atoms with Crippen molar-refractivity contribution in [3.05, 3.63) is 29.8 Å². The van der Waals surface area contributed by atoms with E-state index in [1.165, 1.54) is 23.6 Å². The quantitative estimate of drug-likeness (QED) is 0.894. The molecular weight excluding hydrogens is 338 g/mol. The van der Waals surface area contributed by atoms with E-state index in [-0.39, 0.29) is 12.1 Å². The fourth-order valence-electron chi connectivity index (χ4n) is 3.57. The number of rotatable bonds is 3. The minimum atomic E-state index is -3.49. The second-order valence-electron chi connectivity index (χ2n) is 6.99. The van der Waals surface area contributed by atoms with Crippen molar-refractivity contribution in [1.29, 1.82) is 0 Å². The van der Waals surface area contributed by atoms with Crippen LogP contribution < -0.4 is 5.32 Å². The molecule has 0 spiro atoms. The highest BCUT2D eigenvalue weighted by Gasteiger charge is 2.30. The molecule has 138 valence electrons. The molecule has 2 aliphatic rings. The van der Waals surface area contributed by atoms with Crippen LogP contribution in [0, 0.1) is 6.92 Å². The molecule has 1 aromatic carbocycles. The average molecular weight is 365 g/mol. The van der Waals surface area contributed by atoms with Crippen LogP contribution in [0.15, 0.2) is 29.2 Å². The van der Waals surface area contributed by atoms with E-state index in [4.69, 9.17) is 0 Å². The summed E-state index contributed by atoms with van der Waals surface area (Å²) < 4.78 is 27.0. The topological polar surface area (TPSA) is 69.7 Å². The Hall–Kier alpha value is -1.60. The number of hydrogen-bond donors (Lipinski definition) is 1. The van der Waals surface area contributed by atoms with Gasteiger partial charge in [-0.2, -0.15) is 4.31 Å². The van der Waals surface area contributed by atoms with Crippen LogP contribution in [0.1, 0.15) is 37.7 Å². The summed E-state index contributed by atoms with van der Waals surface area (Å²) in [6.07, 6.45) is 5.70. The average Bonchev–Trinajstić information content (AvgIpc) is 2.62. The Kier molecular flexibility index (Phi) is 5.64. The van der Waals surface area contributed by atoms with Gasteiger partial charge in [0.15, 0.2) is 0 Å². The third-order valence-corrected chi connectivity index (χ3v) is 6.98. The number of benzene rings is 1. The Morgan fingerprint density at radius 3 is 2.40 bits per heavy atom. The fraction of sp³-hybridized carbons (Fsp3) is 0.611. The minimum Gasteiger partial charge on any atom is -0.335 e. The van der Waals surface area contributed by atoms with Crippen LogP contribution in [0.3, 0.4) is 0 Å². The third kappa shape index (κ3) is 4.33. The highest BCUT2D eigenvalue weighted by atomic mass is 32.2. The van der Waals surface area contributed by atoms with Gasteiger partial charge in [0.05, 0.1) is 4.90 Å². The summed E-state index contributed by atoms with van der Waals surface area (Å²) >= 11 is 0. The lowest BCUT2D eigenvalue weighted by Crippen LogP contribution is -2.54. The minimum absolute atomic E-state index is 0.0560. The molecule has 0 bridgehead atoms. The fourth-order valence-corrected chi connectivity index (χ4v) is 5.10. The van der Waals surface area contributed by atoms with Crippen molar-refractivity contribution in [2.45, 2.75) is 50.0 Å². The van der Waals surface area contributed by atoms with Gasteiger partial charge in [-0.1, -0.05) is 31.4 Å². The summed E-state index contributed by atoms with van der Waals surface area (Å²) in [5, 5.41) is 3.10. The number of urea groups is 1. The number of amides is 2. The number of sulfonamides is 1. The lowest BCUT2D eigenvalue weighted by molar-refractivity contribution is 0.166. The Morgan fingerprint density at radius 2 is 1.76 bits per heavy atom. The molecule has 2 fully saturated rings. The van der Waals surface area contributed by atoms with Crippen molar-refractivity contribution < 1.29 is 13.2 Å². The van der Waals surface area contributed by atoms with Gasteiger partial charge in [-0.25, -0.2) is 13.2 Å². The van der Waals surface area contributed by atoms with E-state index in [1.807, 2.05) is 13.0 Å². The van der Waals surface area contributed by atoms with Crippen molar-refractivity contribution in [2.24, 2.45) is 0 Å². The number of nitrogens with one attached hydrogen (secondary N) is 1. The van der Waals surface area contributed by atoms with Crippen LogP contribution in [-0.4, -0.2) is 55.9 Å². The monoisotopic (exact) mass is 365 g/mol. The molecule has 3 rings (SSSR count). The van der Waals surface area contributed by atoms with E-state index in [9.17, 15) is 13.2 Å². The zero-order valence-electron chi connectivity index (χ0n) is 14.8. The van der Waals surface area contributed by atoms with E-state index in [0.717, 1.165) is 18.4 Å². The number of aryl methyl sites for hydroxylation is 1. The predicted octanol–water partition coefficient (Wildman–Crippen LogP) is 2.34. The van der Waals surface area contributed by atoms with E-state index >= 15 is 0 Å². The Morgan fingerprint density at radius 1 is 1.08 bits per heavy atom. The first-order valence-corrected chi connectivity index (χ1v) is 10.5. The summed E-state index contributed by atoms with van der Waals surface area (Å²) in [5.74, 6) is 0. The standard InChI is InChI=1S/C18H27N3O3S/c1-15-6-5-9-17(14-15)25(23,24)21-12-10-20(11-13-21)18(22)19-16-7-3-2-4-8-16/h5-6,9,14,16H,2-4,7-8,10-13H2,1H3,(H,19,22). The van der Waals surface area contributed by atoms with E-state index in [1.54, 1.807) is 23.1 Å². The van der Waals surface area contributed by atoms with Gasteiger partial charge in [0.1, 0.15) is 0 Å². The van der Waals surface area contributed by atoms with Gasteiger partial charge >= 0.3 is 6.03 Å². The van der Waals surface area contributed by atoms with Gasteiger partial charge in [0, 0.05) is 32.2 Å². The van der Waals surface area contributed by atoms with E-state index in [2.05, 4.69) is 5.32 Å². The Balaban J connectivity index is 1.56. The smallest absolute Gasteiger partial charge is 0.317 e. The van der Waals surface area contributed by atoms with Gasteiger partial charge in [0.2, 0.25) is 10.0 Å². The molecule has 1 saturated carbocycles. The first-order valence-electron chi connectivity index (χ1n) is 9.09. The molecule has 1 heterocycles. The van der Waals surface area contributed by atoms with E-state index < -0.39 is 10.0 Å². The second kappa shape index (κ2) is 7.74. The van der Waals surface area contributed by atoms with E-state index in [0.29, 0.717) is 31.1 Å². The molecule has 6 nitrogen and oxygen atoms in total. The van der Waals surface area contributed by atoms with Crippen LogP contribution in [0.5, 0.6) is 0 Å². The maximum absolute atomic E-state index is 12.7. The molecule has 1 saturated heterocycles. The SMILES string of the molecule is Cc1cccc(S(=O)(=O)N2CCN(C(=O)NC3CCCCC3)CC2)c1. The molecular formula is C18H27N3O3S. The maximum Gasteiger partial charge on any atom is 0.317 e. The highest BCUT2D eigenvalue weighted by molar-refractivity contribution is 7.89. The van der Waals surface area contributed by atoms with Crippen molar-refractivity contribution in [1.82, 2.24) is 14.5 Å². The molecule has 0 radical (unpaired) electrons. The second-order valence-corrected chi connectivity index (χ2v) is 8.93. The molecule has 25 heavy (non-hydrogen) atoms. The van der Waals surface area contributed by atoms with Gasteiger partial charge in [0.25, 0.3) is 0 Å². The first-order chi connectivity index (χ1) is 12.0. The summed E-state index contributed by atoms with van der Waals surface area (Å²) in [5.41, 5.74) is 0.923. The highest BCUT2D eigenvalue weighted by Crippen LogP contribution is 2.20. The van der Waals surface area contributed by atoms with Crippen LogP contribution >= 0.6 is 0 Å². The third-order valence-electron chi connectivity index (χ3n) is 5.09. The Bertz CT molecular complexity index is 706. The van der Waals surface area contributed by atoms with Gasteiger partial charge < -0.3 is 10.2 Å². The Labute approximate surface area is 150 Å². The lowest BCUT2D eigenvalue weighted by atomic mass is 9.96. The van der Waals surface area contributed by atoms with Crippen molar-refractivity contribution in [3.8, 4) is 0 Å². The van der Waals surface area contributed by atoms with Gasteiger partial charge in [-0.05, 0) is 37.5 Å². The van der Waals surface area contributed by atoms with Crippen LogP contribution in [0.4, 0.5) is 4.79 Å². The zero-order chi connectivity index (χ0) is 17.9. The number of nitrogens with zero attached hydrogens (tertiary/aromatic N) is 2. The molecule has 1 N–H and O–H groups in total. The van der Waals surface area contributed by atoms with Crippen LogP contribution in [0.2, 0.25) is 0 Å². The molecule has 1 aliphatic heterocycles. The zero-order valence-corrected chi connectivity index (χ0v) is 15.6. The number of piperazine rings is 1. The van der Waals surface area contributed by atoms with Crippen molar-refractivity contribution >= 4 is 16.1 Å². The first kappa shape index (κ1) is 18.2. The number of carbonyl (C=O) groups is 1. The van der Waals surface area contributed by atoms with Gasteiger partial charge in [-0.3, -0.25) is 0 Å². The maximum atomic E-state index is 12.7. The largest absolute Gasteiger partial charge is 0.335 e. The number of carbonyl (C=O) groups excluding carboxylic acids is 1. The van der Waals surface area contributed by atoms with Gasteiger partial charge in [-0.15, -0.1) is 0 Å². The van der Waals surface area contributed by atoms with Crippen molar-refractivity contribution in [3.63, 3.8) is 0 Å². The summed E-state index contributed by atoms with van der Waals surface area (Å²) in [4.78, 5) is 14.4. The lowest BCUT2D eigenvalue weighted by Gasteiger charge is -2.35. The molecule has 1 aliphatic carbocycles. The van der Waals surface area contributed by atoms with Crippen molar-refractivity contribution in [2.75, 3.05) is 26.2 Å². The van der Waals surface area contributed by atoms with Crippen LogP contribution in [0.25, 0.3) is 0 Å². The predicted molar refractivity (Wildman–Crippen MR) is 96.9 cm³/mol. The molecule has 7 heteroatoms. The summed E-state index contributed by atoms with van der Waals surface area (Å²) in [6, 6.07) is 7.18. The van der Waals surface area contributed by atoms with Crippen LogP contribution in [-0.2, 0) is 10.0 Å². The summed E-state index contributed by atoms with van der Waals surface area (Å²) in [6.45, 7) is 3.43. The summed E-state index contributed by atoms with van der Waals surface area (Å²) in [7, 11) is -3.49. The normalized spacial score (nSPS) is 20.4. The molecule has 1 aromatic rings. The number of hydrogen-bond acceptors (Lipinski definition) is 3.